The number of aliphatic hydroxyl groups is 1. The molecule has 1 saturated carbocycles. The molecule has 1 amide bonds. The molecule has 0 radical (unpaired) electrons. The number of halogens is 2. The summed E-state index contributed by atoms with van der Waals surface area (Å²) >= 11 is 0. The minimum atomic E-state index is -1.03. The van der Waals surface area contributed by atoms with Gasteiger partial charge in [0.15, 0.2) is 11.5 Å². The lowest BCUT2D eigenvalue weighted by Crippen LogP contribution is -2.41. The molecule has 132 valence electrons. The number of hydrogen-bond acceptors (Lipinski definition) is 5. The Labute approximate surface area is 142 Å². The number of carbonyl (C=O) groups excluding carboxylic acids is 1. The van der Waals surface area contributed by atoms with Crippen molar-refractivity contribution in [1.82, 2.24) is 15.3 Å². The lowest BCUT2D eigenvalue weighted by Gasteiger charge is -2.38. The van der Waals surface area contributed by atoms with E-state index in [1.807, 2.05) is 0 Å². The van der Waals surface area contributed by atoms with Crippen LogP contribution in [-0.4, -0.2) is 34.2 Å². The molecule has 8 heteroatoms. The average Bonchev–Trinajstić information content (AvgIpc) is 2.57. The summed E-state index contributed by atoms with van der Waals surface area (Å²) in [7, 11) is 1.49. The zero-order chi connectivity index (χ0) is 18.0. The Balaban J connectivity index is 1.83. The fourth-order valence-electron chi connectivity index (χ4n) is 2.86. The molecule has 0 unspecified atom stereocenters. The smallest absolute Gasteiger partial charge is 0.273 e. The summed E-state index contributed by atoms with van der Waals surface area (Å²) in [4.78, 5) is 20.0. The van der Waals surface area contributed by atoms with Gasteiger partial charge in [0.2, 0.25) is 5.88 Å². The number of carbonyl (C=O) groups is 1. The van der Waals surface area contributed by atoms with Gasteiger partial charge in [0.1, 0.15) is 5.82 Å². The predicted molar refractivity (Wildman–Crippen MR) is 83.9 cm³/mol. The van der Waals surface area contributed by atoms with E-state index in [0.29, 0.717) is 30.4 Å². The molecule has 0 aliphatic heterocycles. The SMILES string of the molecule is COc1ccc([C@H](NC(=O)c2ncc(F)cc2F)C2CC(O)C2)cn1. The van der Waals surface area contributed by atoms with Crippen molar-refractivity contribution in [3.63, 3.8) is 0 Å². The van der Waals surface area contributed by atoms with Crippen molar-refractivity contribution >= 4 is 5.91 Å². The molecule has 2 aromatic heterocycles. The van der Waals surface area contributed by atoms with Crippen LogP contribution in [0.15, 0.2) is 30.6 Å². The maximum Gasteiger partial charge on any atom is 0.273 e. The third-order valence-electron chi connectivity index (χ3n) is 4.26. The van der Waals surface area contributed by atoms with Crippen LogP contribution in [0.25, 0.3) is 0 Å². The minimum absolute atomic E-state index is 0.0161. The van der Waals surface area contributed by atoms with Crippen molar-refractivity contribution in [2.45, 2.75) is 25.0 Å². The Kier molecular flexibility index (Phi) is 4.89. The highest BCUT2D eigenvalue weighted by molar-refractivity contribution is 5.92. The van der Waals surface area contributed by atoms with E-state index in [0.717, 1.165) is 6.20 Å². The molecular weight excluding hydrogens is 332 g/mol. The van der Waals surface area contributed by atoms with Crippen LogP contribution >= 0.6 is 0 Å². The fourth-order valence-corrected chi connectivity index (χ4v) is 2.86. The van der Waals surface area contributed by atoms with Gasteiger partial charge in [-0.05, 0) is 24.3 Å². The van der Waals surface area contributed by atoms with Gasteiger partial charge >= 0.3 is 0 Å². The van der Waals surface area contributed by atoms with Crippen molar-refractivity contribution in [2.24, 2.45) is 5.92 Å². The largest absolute Gasteiger partial charge is 0.481 e. The number of aliphatic hydroxyl groups excluding tert-OH is 1. The molecule has 1 fully saturated rings. The number of pyridine rings is 2. The van der Waals surface area contributed by atoms with Crippen LogP contribution in [0.5, 0.6) is 5.88 Å². The highest BCUT2D eigenvalue weighted by Gasteiger charge is 2.36. The van der Waals surface area contributed by atoms with Crippen molar-refractivity contribution < 1.29 is 23.4 Å². The number of rotatable bonds is 5. The van der Waals surface area contributed by atoms with E-state index in [-0.39, 0.29) is 5.92 Å². The van der Waals surface area contributed by atoms with Gasteiger partial charge < -0.3 is 15.2 Å². The lowest BCUT2D eigenvalue weighted by atomic mass is 9.75. The molecule has 0 bridgehead atoms. The quantitative estimate of drug-likeness (QED) is 0.863. The number of methoxy groups -OCH3 is 1. The maximum absolute atomic E-state index is 13.8. The second-order valence-corrected chi connectivity index (χ2v) is 5.95. The standard InChI is InChI=1S/C17H17F2N3O3/c1-25-14-3-2-9(7-20-14)15(10-4-12(23)5-10)22-17(24)16-13(19)6-11(18)8-21-16/h2-3,6-8,10,12,15,23H,4-5H2,1H3,(H,22,24)/t10?,12?,15-/m0/s1. The molecular formula is C17H17F2N3O3. The molecule has 3 rings (SSSR count). The van der Waals surface area contributed by atoms with Crippen molar-refractivity contribution in [2.75, 3.05) is 7.11 Å². The highest BCUT2D eigenvalue weighted by atomic mass is 19.1. The number of ether oxygens (including phenoxy) is 1. The van der Waals surface area contributed by atoms with Crippen LogP contribution in [-0.2, 0) is 0 Å². The van der Waals surface area contributed by atoms with Crippen LogP contribution in [0.1, 0.15) is 34.9 Å². The van der Waals surface area contributed by atoms with E-state index in [1.54, 1.807) is 18.3 Å². The van der Waals surface area contributed by atoms with Gasteiger partial charge in [0.25, 0.3) is 5.91 Å². The molecule has 1 aliphatic carbocycles. The normalized spacial score (nSPS) is 20.5. The molecule has 0 spiro atoms. The average molecular weight is 349 g/mol. The Hall–Kier alpha value is -2.61. The van der Waals surface area contributed by atoms with Gasteiger partial charge in [0, 0.05) is 18.3 Å². The van der Waals surface area contributed by atoms with Gasteiger partial charge in [-0.25, -0.2) is 18.7 Å². The molecule has 2 aromatic rings. The van der Waals surface area contributed by atoms with Gasteiger partial charge in [-0.2, -0.15) is 0 Å². The summed E-state index contributed by atoms with van der Waals surface area (Å²) in [5.74, 6) is -2.23. The summed E-state index contributed by atoms with van der Waals surface area (Å²) in [6.45, 7) is 0. The zero-order valence-electron chi connectivity index (χ0n) is 13.4. The summed E-state index contributed by atoms with van der Waals surface area (Å²) < 4.78 is 31.8. The van der Waals surface area contributed by atoms with Gasteiger partial charge in [-0.3, -0.25) is 4.79 Å². The zero-order valence-corrected chi connectivity index (χ0v) is 13.4. The van der Waals surface area contributed by atoms with Crippen molar-refractivity contribution in [3.8, 4) is 5.88 Å². The van der Waals surface area contributed by atoms with Gasteiger partial charge in [-0.1, -0.05) is 6.07 Å². The predicted octanol–water partition coefficient (Wildman–Crippen LogP) is 2.01. The molecule has 25 heavy (non-hydrogen) atoms. The number of amides is 1. The molecule has 2 N–H and O–H groups in total. The van der Waals surface area contributed by atoms with E-state index < -0.39 is 35.4 Å². The fraction of sp³-hybridized carbons (Fsp3) is 0.353. The number of nitrogens with one attached hydrogen (secondary N) is 1. The Morgan fingerprint density at radius 3 is 2.64 bits per heavy atom. The molecule has 1 atom stereocenters. The highest BCUT2D eigenvalue weighted by Crippen LogP contribution is 2.38. The van der Waals surface area contributed by atoms with Crippen molar-refractivity contribution in [1.29, 1.82) is 0 Å². The first-order chi connectivity index (χ1) is 12.0. The van der Waals surface area contributed by atoms with Crippen LogP contribution in [0.3, 0.4) is 0 Å². The first-order valence-electron chi connectivity index (χ1n) is 7.78. The second kappa shape index (κ2) is 7.10. The van der Waals surface area contributed by atoms with E-state index in [2.05, 4.69) is 15.3 Å². The summed E-state index contributed by atoms with van der Waals surface area (Å²) in [6, 6.07) is 3.54. The second-order valence-electron chi connectivity index (χ2n) is 5.95. The van der Waals surface area contributed by atoms with E-state index in [4.69, 9.17) is 4.74 Å². The van der Waals surface area contributed by atoms with Crippen LogP contribution in [0, 0.1) is 17.6 Å². The maximum atomic E-state index is 13.8. The lowest BCUT2D eigenvalue weighted by molar-refractivity contribution is 0.0233. The molecule has 6 nitrogen and oxygen atoms in total. The van der Waals surface area contributed by atoms with Gasteiger partial charge in [0.05, 0.1) is 25.5 Å². The van der Waals surface area contributed by atoms with E-state index in [9.17, 15) is 18.7 Å². The van der Waals surface area contributed by atoms with Crippen LogP contribution < -0.4 is 10.1 Å². The third-order valence-corrected chi connectivity index (χ3v) is 4.26. The summed E-state index contributed by atoms with van der Waals surface area (Å²) in [6.07, 6.45) is 2.95. The Bertz CT molecular complexity index is 764. The first kappa shape index (κ1) is 17.2. The van der Waals surface area contributed by atoms with E-state index >= 15 is 0 Å². The molecule has 1 aliphatic rings. The first-order valence-corrected chi connectivity index (χ1v) is 7.78. The topological polar surface area (TPSA) is 84.3 Å². The van der Waals surface area contributed by atoms with Crippen LogP contribution in [0.4, 0.5) is 8.78 Å². The Morgan fingerprint density at radius 1 is 1.32 bits per heavy atom. The molecule has 0 saturated heterocycles. The summed E-state index contributed by atoms with van der Waals surface area (Å²) in [5, 5.41) is 12.3. The number of nitrogens with zero attached hydrogens (tertiary/aromatic N) is 2. The molecule has 0 aromatic carbocycles. The summed E-state index contributed by atoms with van der Waals surface area (Å²) in [5.41, 5.74) is 0.223. The van der Waals surface area contributed by atoms with Gasteiger partial charge in [-0.15, -0.1) is 0 Å². The van der Waals surface area contributed by atoms with E-state index in [1.165, 1.54) is 7.11 Å². The molecule has 2 heterocycles. The third kappa shape index (κ3) is 3.74. The monoisotopic (exact) mass is 349 g/mol. The van der Waals surface area contributed by atoms with Crippen LogP contribution in [0.2, 0.25) is 0 Å². The Morgan fingerprint density at radius 2 is 2.08 bits per heavy atom. The van der Waals surface area contributed by atoms with Crippen molar-refractivity contribution in [3.05, 3.63) is 53.5 Å². The number of hydrogen-bond donors (Lipinski definition) is 2. The number of aromatic nitrogens is 2. The minimum Gasteiger partial charge on any atom is -0.481 e.